The Morgan fingerprint density at radius 2 is 1.96 bits per heavy atom. The Balaban J connectivity index is 1.94. The van der Waals surface area contributed by atoms with E-state index >= 15 is 0 Å². The molecule has 1 amide bonds. The first kappa shape index (κ1) is 18.8. The number of carboxylic acid groups (broad SMARTS) is 1. The van der Waals surface area contributed by atoms with Crippen molar-refractivity contribution in [3.8, 4) is 0 Å². The van der Waals surface area contributed by atoms with Crippen molar-refractivity contribution in [1.82, 2.24) is 14.9 Å². The highest BCUT2D eigenvalue weighted by atomic mass is 32.1. The summed E-state index contributed by atoms with van der Waals surface area (Å²) in [4.78, 5) is 41.5. The molecule has 3 rings (SSSR count). The number of hydrogen-bond acceptors (Lipinski definition) is 5. The van der Waals surface area contributed by atoms with Crippen molar-refractivity contribution in [1.29, 1.82) is 0 Å². The molecule has 0 fully saturated rings. The molecular weight excluding hydrogens is 366 g/mol. The van der Waals surface area contributed by atoms with Crippen molar-refractivity contribution < 1.29 is 14.7 Å². The number of benzene rings is 1. The maximum Gasteiger partial charge on any atom is 0.337 e. The summed E-state index contributed by atoms with van der Waals surface area (Å²) in [5, 5.41) is 13.5. The normalized spacial score (nSPS) is 11.1. The molecule has 0 unspecified atom stereocenters. The van der Waals surface area contributed by atoms with Crippen LogP contribution in [0.2, 0.25) is 0 Å². The van der Waals surface area contributed by atoms with E-state index in [4.69, 9.17) is 0 Å². The van der Waals surface area contributed by atoms with Crippen molar-refractivity contribution >= 4 is 33.4 Å². The van der Waals surface area contributed by atoms with E-state index in [-0.39, 0.29) is 29.3 Å². The molecule has 0 saturated carbocycles. The number of nitrogens with one attached hydrogen (secondary N) is 1. The van der Waals surface area contributed by atoms with Gasteiger partial charge in [0.25, 0.3) is 5.56 Å². The van der Waals surface area contributed by atoms with Crippen LogP contribution in [0.1, 0.15) is 41.5 Å². The molecule has 1 aromatic carbocycles. The average molecular weight is 385 g/mol. The number of amides is 1. The van der Waals surface area contributed by atoms with Crippen LogP contribution in [0.25, 0.3) is 10.2 Å². The molecule has 8 heteroatoms. The molecule has 3 aromatic rings. The summed E-state index contributed by atoms with van der Waals surface area (Å²) in [5.74, 6) is -1.16. The Labute approximate surface area is 159 Å². The number of thiophene rings is 1. The number of rotatable bonds is 6. The quantitative estimate of drug-likeness (QED) is 0.679. The van der Waals surface area contributed by atoms with Gasteiger partial charge in [-0.05, 0) is 5.56 Å². The third-order valence-corrected chi connectivity index (χ3v) is 4.98. The van der Waals surface area contributed by atoms with E-state index in [1.807, 2.05) is 44.2 Å². The second kappa shape index (κ2) is 7.71. The largest absolute Gasteiger partial charge is 0.478 e. The van der Waals surface area contributed by atoms with E-state index in [9.17, 15) is 19.5 Å². The molecular formula is C19H19N3O4S. The van der Waals surface area contributed by atoms with E-state index in [1.165, 1.54) is 9.95 Å². The lowest BCUT2D eigenvalue weighted by atomic mass is 10.2. The average Bonchev–Trinajstić information content (AvgIpc) is 3.07. The van der Waals surface area contributed by atoms with Gasteiger partial charge < -0.3 is 10.4 Å². The maximum atomic E-state index is 12.9. The summed E-state index contributed by atoms with van der Waals surface area (Å²) in [6.45, 7) is 3.88. The van der Waals surface area contributed by atoms with Crippen LogP contribution in [0.15, 0.2) is 40.5 Å². The zero-order valence-corrected chi connectivity index (χ0v) is 15.7. The van der Waals surface area contributed by atoms with E-state index in [2.05, 4.69) is 10.3 Å². The van der Waals surface area contributed by atoms with Gasteiger partial charge in [0, 0.05) is 17.8 Å². The molecule has 0 aliphatic heterocycles. The van der Waals surface area contributed by atoms with Crippen molar-refractivity contribution in [2.75, 3.05) is 0 Å². The zero-order chi connectivity index (χ0) is 19.6. The van der Waals surface area contributed by atoms with E-state index < -0.39 is 11.5 Å². The Bertz CT molecular complexity index is 1050. The van der Waals surface area contributed by atoms with Gasteiger partial charge in [0.05, 0.1) is 10.9 Å². The third kappa shape index (κ3) is 3.90. The first-order valence-corrected chi connectivity index (χ1v) is 9.32. The summed E-state index contributed by atoms with van der Waals surface area (Å²) < 4.78 is 1.27. The first-order valence-electron chi connectivity index (χ1n) is 8.44. The van der Waals surface area contributed by atoms with E-state index in [0.29, 0.717) is 17.2 Å². The van der Waals surface area contributed by atoms with Gasteiger partial charge in [-0.25, -0.2) is 9.78 Å². The SMILES string of the molecule is CC(C)c1nc2scc(C(=O)O)c2c(=O)n1CC(=O)NCc1ccccc1. The maximum absolute atomic E-state index is 12.9. The molecule has 2 aromatic heterocycles. The smallest absolute Gasteiger partial charge is 0.337 e. The molecule has 0 bridgehead atoms. The minimum atomic E-state index is -1.18. The van der Waals surface area contributed by atoms with Gasteiger partial charge in [0.15, 0.2) is 0 Å². The minimum Gasteiger partial charge on any atom is -0.478 e. The van der Waals surface area contributed by atoms with Crippen LogP contribution in [0.4, 0.5) is 0 Å². The number of aromatic nitrogens is 2. The zero-order valence-electron chi connectivity index (χ0n) is 14.9. The summed E-state index contributed by atoms with van der Waals surface area (Å²) in [7, 11) is 0. The standard InChI is InChI=1S/C19H19N3O4S/c1-11(2)16-21-17-15(13(10-27-17)19(25)26)18(24)22(16)9-14(23)20-8-12-6-4-3-5-7-12/h3-7,10-11H,8-9H2,1-2H3,(H,20,23)(H,25,26). The lowest BCUT2D eigenvalue weighted by Gasteiger charge is -2.15. The van der Waals surface area contributed by atoms with Crippen LogP contribution in [0.3, 0.4) is 0 Å². The number of carbonyl (C=O) groups is 2. The highest BCUT2D eigenvalue weighted by Crippen LogP contribution is 2.23. The summed E-state index contributed by atoms with van der Waals surface area (Å²) >= 11 is 1.12. The fourth-order valence-corrected chi connectivity index (χ4v) is 3.70. The number of fused-ring (bicyclic) bond motifs is 1. The predicted octanol–water partition coefficient (Wildman–Crippen LogP) is 2.60. The monoisotopic (exact) mass is 385 g/mol. The van der Waals surface area contributed by atoms with Gasteiger partial charge in [0.2, 0.25) is 5.91 Å². The summed E-state index contributed by atoms with van der Waals surface area (Å²) in [6.07, 6.45) is 0. The molecule has 140 valence electrons. The van der Waals surface area contributed by atoms with Gasteiger partial charge in [-0.3, -0.25) is 14.2 Å². The minimum absolute atomic E-state index is 0.0489. The molecule has 27 heavy (non-hydrogen) atoms. The topological polar surface area (TPSA) is 101 Å². The second-order valence-electron chi connectivity index (χ2n) is 6.41. The summed E-state index contributed by atoms with van der Waals surface area (Å²) in [5.41, 5.74) is 0.361. The Morgan fingerprint density at radius 3 is 2.59 bits per heavy atom. The molecule has 2 N–H and O–H groups in total. The summed E-state index contributed by atoms with van der Waals surface area (Å²) in [6, 6.07) is 9.44. The number of hydrogen-bond donors (Lipinski definition) is 2. The van der Waals surface area contributed by atoms with Crippen molar-refractivity contribution in [3.05, 3.63) is 63.0 Å². The lowest BCUT2D eigenvalue weighted by molar-refractivity contribution is -0.121. The van der Waals surface area contributed by atoms with Crippen LogP contribution < -0.4 is 10.9 Å². The van der Waals surface area contributed by atoms with Crippen LogP contribution in [0.5, 0.6) is 0 Å². The van der Waals surface area contributed by atoms with Crippen molar-refractivity contribution in [3.63, 3.8) is 0 Å². The fourth-order valence-electron chi connectivity index (χ4n) is 2.79. The van der Waals surface area contributed by atoms with Gasteiger partial charge in [-0.15, -0.1) is 11.3 Å². The van der Waals surface area contributed by atoms with Gasteiger partial charge in [-0.2, -0.15) is 0 Å². The molecule has 0 aliphatic carbocycles. The fraction of sp³-hybridized carbons (Fsp3) is 0.263. The number of carbonyl (C=O) groups excluding carboxylic acids is 1. The van der Waals surface area contributed by atoms with Crippen molar-refractivity contribution in [2.45, 2.75) is 32.9 Å². The van der Waals surface area contributed by atoms with E-state index in [0.717, 1.165) is 16.9 Å². The second-order valence-corrected chi connectivity index (χ2v) is 7.27. The number of nitrogens with zero attached hydrogens (tertiary/aromatic N) is 2. The molecule has 7 nitrogen and oxygen atoms in total. The van der Waals surface area contributed by atoms with Crippen LogP contribution in [-0.4, -0.2) is 26.5 Å². The highest BCUT2D eigenvalue weighted by molar-refractivity contribution is 7.17. The lowest BCUT2D eigenvalue weighted by Crippen LogP contribution is -2.34. The number of carboxylic acids is 1. The molecule has 0 spiro atoms. The Kier molecular flexibility index (Phi) is 5.36. The molecule has 0 aliphatic rings. The first-order chi connectivity index (χ1) is 12.9. The molecule has 0 atom stereocenters. The van der Waals surface area contributed by atoms with Gasteiger partial charge in [-0.1, -0.05) is 44.2 Å². The van der Waals surface area contributed by atoms with Crippen LogP contribution >= 0.6 is 11.3 Å². The van der Waals surface area contributed by atoms with Gasteiger partial charge >= 0.3 is 5.97 Å². The van der Waals surface area contributed by atoms with Crippen LogP contribution in [0, 0.1) is 0 Å². The van der Waals surface area contributed by atoms with Gasteiger partial charge in [0.1, 0.15) is 17.2 Å². The van der Waals surface area contributed by atoms with Crippen LogP contribution in [-0.2, 0) is 17.9 Å². The van der Waals surface area contributed by atoms with E-state index in [1.54, 1.807) is 0 Å². The third-order valence-electron chi connectivity index (χ3n) is 4.10. The molecule has 2 heterocycles. The Morgan fingerprint density at radius 1 is 1.26 bits per heavy atom. The highest BCUT2D eigenvalue weighted by Gasteiger charge is 2.21. The molecule has 0 radical (unpaired) electrons. The predicted molar refractivity (Wildman–Crippen MR) is 103 cm³/mol. The molecule has 0 saturated heterocycles. The Hall–Kier alpha value is -3.00. The number of aromatic carboxylic acids is 1. The van der Waals surface area contributed by atoms with Crippen molar-refractivity contribution in [2.24, 2.45) is 0 Å².